The summed E-state index contributed by atoms with van der Waals surface area (Å²) >= 11 is 3.38. The number of hydrogen-bond acceptors (Lipinski definition) is 3. The Kier molecular flexibility index (Phi) is 3.79. The van der Waals surface area contributed by atoms with Crippen LogP contribution in [0.5, 0.6) is 0 Å². The summed E-state index contributed by atoms with van der Waals surface area (Å²) < 4.78 is 6.29. The summed E-state index contributed by atoms with van der Waals surface area (Å²) in [7, 11) is 0. The van der Waals surface area contributed by atoms with Crippen LogP contribution in [0.2, 0.25) is 0 Å². The molecule has 0 aromatic carbocycles. The number of nitrogens with one attached hydrogen (secondary N) is 1. The Morgan fingerprint density at radius 2 is 2.35 bits per heavy atom. The lowest BCUT2D eigenvalue weighted by molar-refractivity contribution is -0.126. The van der Waals surface area contributed by atoms with Crippen LogP contribution in [-0.2, 0) is 9.53 Å². The van der Waals surface area contributed by atoms with Gasteiger partial charge in [0.15, 0.2) is 0 Å². The third-order valence-electron chi connectivity index (χ3n) is 2.74. The van der Waals surface area contributed by atoms with Crippen LogP contribution >= 0.6 is 15.9 Å². The number of carbonyl (C=O) groups excluding carboxylic acids is 1. The minimum Gasteiger partial charge on any atom is -0.365 e. The molecule has 1 aromatic heterocycles. The number of aromatic nitrogens is 1. The maximum Gasteiger partial charge on any atom is 0.254 e. The molecule has 1 aromatic rings. The van der Waals surface area contributed by atoms with E-state index in [2.05, 4.69) is 26.2 Å². The Hall–Kier alpha value is -0.940. The average molecular weight is 299 g/mol. The number of aryl methyl sites for hydroxylation is 1. The summed E-state index contributed by atoms with van der Waals surface area (Å²) in [6.07, 6.45) is 3.25. The summed E-state index contributed by atoms with van der Waals surface area (Å²) in [6.45, 7) is 3.93. The Labute approximate surface area is 109 Å². The zero-order chi connectivity index (χ0) is 12.4. The first-order chi connectivity index (χ1) is 8.06. The van der Waals surface area contributed by atoms with E-state index in [1.54, 1.807) is 6.20 Å². The molecule has 1 aliphatic rings. The molecule has 1 fully saturated rings. The fraction of sp³-hybridized carbons (Fsp3) is 0.500. The van der Waals surface area contributed by atoms with Gasteiger partial charge in [0.1, 0.15) is 11.9 Å². The van der Waals surface area contributed by atoms with Gasteiger partial charge in [0, 0.05) is 6.20 Å². The number of pyridine rings is 1. The van der Waals surface area contributed by atoms with E-state index in [0.29, 0.717) is 5.82 Å². The second-order valence-corrected chi connectivity index (χ2v) is 5.20. The molecular formula is C12H15BrN2O2. The van der Waals surface area contributed by atoms with Gasteiger partial charge in [-0.2, -0.15) is 0 Å². The third-order valence-corrected chi connectivity index (χ3v) is 3.35. The van der Waals surface area contributed by atoms with Gasteiger partial charge < -0.3 is 10.1 Å². The molecule has 2 heterocycles. The molecule has 1 N–H and O–H groups in total. The number of halogens is 1. The first-order valence-electron chi connectivity index (χ1n) is 5.64. The number of nitrogens with zero attached hydrogens (tertiary/aromatic N) is 1. The molecule has 2 atom stereocenters. The van der Waals surface area contributed by atoms with E-state index in [4.69, 9.17) is 4.74 Å². The summed E-state index contributed by atoms with van der Waals surface area (Å²) in [5.74, 6) is 0.426. The van der Waals surface area contributed by atoms with Gasteiger partial charge in [0.25, 0.3) is 5.91 Å². The van der Waals surface area contributed by atoms with Gasteiger partial charge in [-0.25, -0.2) is 4.98 Å². The van der Waals surface area contributed by atoms with Gasteiger partial charge in [-0.05, 0) is 54.2 Å². The molecule has 0 aliphatic carbocycles. The average Bonchev–Trinajstić information content (AvgIpc) is 2.69. The maximum atomic E-state index is 11.9. The number of rotatable bonds is 2. The van der Waals surface area contributed by atoms with E-state index < -0.39 is 0 Å². The van der Waals surface area contributed by atoms with Crippen molar-refractivity contribution in [3.63, 3.8) is 0 Å². The van der Waals surface area contributed by atoms with E-state index in [1.165, 1.54) is 0 Å². The maximum absolute atomic E-state index is 11.9. The number of hydrogen-bond donors (Lipinski definition) is 1. The predicted octanol–water partition coefficient (Wildman–Crippen LogP) is 2.66. The monoisotopic (exact) mass is 298 g/mol. The SMILES string of the molecule is Cc1cnc(NC(=O)[C@@H]2CC[C@H](C)O2)c(Br)c1. The highest BCUT2D eigenvalue weighted by Gasteiger charge is 2.28. The van der Waals surface area contributed by atoms with Crippen LogP contribution < -0.4 is 5.32 Å². The Morgan fingerprint density at radius 3 is 2.94 bits per heavy atom. The Morgan fingerprint density at radius 1 is 1.59 bits per heavy atom. The van der Waals surface area contributed by atoms with E-state index in [0.717, 1.165) is 22.9 Å². The third kappa shape index (κ3) is 3.04. The van der Waals surface area contributed by atoms with Crippen molar-refractivity contribution >= 4 is 27.7 Å². The molecule has 1 saturated heterocycles. The highest BCUT2D eigenvalue weighted by atomic mass is 79.9. The largest absolute Gasteiger partial charge is 0.365 e. The summed E-state index contributed by atoms with van der Waals surface area (Å²) in [5.41, 5.74) is 1.04. The summed E-state index contributed by atoms with van der Waals surface area (Å²) in [4.78, 5) is 16.1. The van der Waals surface area contributed by atoms with Crippen LogP contribution in [0.15, 0.2) is 16.7 Å². The van der Waals surface area contributed by atoms with Crippen LogP contribution in [0.3, 0.4) is 0 Å². The molecule has 1 amide bonds. The van der Waals surface area contributed by atoms with Crippen LogP contribution in [0.1, 0.15) is 25.3 Å². The number of carbonyl (C=O) groups is 1. The lowest BCUT2D eigenvalue weighted by atomic mass is 10.2. The van der Waals surface area contributed by atoms with Crippen molar-refractivity contribution in [3.8, 4) is 0 Å². The van der Waals surface area contributed by atoms with Crippen LogP contribution in [0.4, 0.5) is 5.82 Å². The molecule has 17 heavy (non-hydrogen) atoms. The molecule has 0 unspecified atom stereocenters. The normalized spacial score (nSPS) is 23.7. The Balaban J connectivity index is 2.03. The molecular weight excluding hydrogens is 284 g/mol. The fourth-order valence-corrected chi connectivity index (χ4v) is 2.38. The van der Waals surface area contributed by atoms with Crippen molar-refractivity contribution in [1.82, 2.24) is 4.98 Å². The van der Waals surface area contributed by atoms with Crippen LogP contribution in [0.25, 0.3) is 0 Å². The summed E-state index contributed by atoms with van der Waals surface area (Å²) in [6, 6.07) is 1.92. The lowest BCUT2D eigenvalue weighted by Gasteiger charge is -2.12. The van der Waals surface area contributed by atoms with Crippen molar-refractivity contribution in [1.29, 1.82) is 0 Å². The Bertz CT molecular complexity index is 437. The van der Waals surface area contributed by atoms with E-state index in [-0.39, 0.29) is 18.1 Å². The predicted molar refractivity (Wildman–Crippen MR) is 68.9 cm³/mol. The zero-order valence-electron chi connectivity index (χ0n) is 9.87. The van der Waals surface area contributed by atoms with Crippen molar-refractivity contribution in [2.75, 3.05) is 5.32 Å². The molecule has 0 bridgehead atoms. The van der Waals surface area contributed by atoms with Gasteiger partial charge >= 0.3 is 0 Å². The van der Waals surface area contributed by atoms with Crippen LogP contribution in [-0.4, -0.2) is 23.1 Å². The summed E-state index contributed by atoms with van der Waals surface area (Å²) in [5, 5.41) is 2.78. The highest BCUT2D eigenvalue weighted by Crippen LogP contribution is 2.23. The van der Waals surface area contributed by atoms with Gasteiger partial charge in [-0.15, -0.1) is 0 Å². The fourth-order valence-electron chi connectivity index (χ4n) is 1.82. The lowest BCUT2D eigenvalue weighted by Crippen LogP contribution is -2.28. The van der Waals surface area contributed by atoms with Crippen molar-refractivity contribution < 1.29 is 9.53 Å². The minimum atomic E-state index is -0.347. The molecule has 92 valence electrons. The molecule has 4 nitrogen and oxygen atoms in total. The van der Waals surface area contributed by atoms with E-state index in [9.17, 15) is 4.79 Å². The molecule has 2 rings (SSSR count). The quantitative estimate of drug-likeness (QED) is 0.913. The standard InChI is InChI=1S/C12H15BrN2O2/c1-7-5-9(13)11(14-6-7)15-12(16)10-4-3-8(2)17-10/h5-6,8,10H,3-4H2,1-2H3,(H,14,15,16)/t8-,10-/m0/s1. The smallest absolute Gasteiger partial charge is 0.254 e. The molecule has 0 spiro atoms. The van der Waals surface area contributed by atoms with Crippen LogP contribution in [0, 0.1) is 6.92 Å². The molecule has 0 saturated carbocycles. The first kappa shape index (κ1) is 12.5. The second kappa shape index (κ2) is 5.14. The van der Waals surface area contributed by atoms with Gasteiger partial charge in [-0.3, -0.25) is 4.79 Å². The van der Waals surface area contributed by atoms with E-state index >= 15 is 0 Å². The van der Waals surface area contributed by atoms with Crippen molar-refractivity contribution in [3.05, 3.63) is 22.3 Å². The molecule has 0 radical (unpaired) electrons. The first-order valence-corrected chi connectivity index (χ1v) is 6.44. The molecule has 1 aliphatic heterocycles. The number of amides is 1. The zero-order valence-corrected chi connectivity index (χ0v) is 11.5. The number of anilines is 1. The van der Waals surface area contributed by atoms with Gasteiger partial charge in [0.2, 0.25) is 0 Å². The van der Waals surface area contributed by atoms with Crippen molar-refractivity contribution in [2.45, 2.75) is 38.9 Å². The number of ether oxygens (including phenoxy) is 1. The second-order valence-electron chi connectivity index (χ2n) is 4.35. The van der Waals surface area contributed by atoms with Gasteiger partial charge in [-0.1, -0.05) is 0 Å². The minimum absolute atomic E-state index is 0.119. The molecule has 5 heteroatoms. The highest BCUT2D eigenvalue weighted by molar-refractivity contribution is 9.10. The van der Waals surface area contributed by atoms with E-state index in [1.807, 2.05) is 19.9 Å². The van der Waals surface area contributed by atoms with Crippen molar-refractivity contribution in [2.24, 2.45) is 0 Å². The van der Waals surface area contributed by atoms with Gasteiger partial charge in [0.05, 0.1) is 10.6 Å². The topological polar surface area (TPSA) is 51.2 Å².